The van der Waals surface area contributed by atoms with Crippen molar-refractivity contribution >= 4 is 17.0 Å². The summed E-state index contributed by atoms with van der Waals surface area (Å²) in [4.78, 5) is 16.3. The molecule has 6 heteroatoms. The highest BCUT2D eigenvalue weighted by Crippen LogP contribution is 2.18. The third-order valence-electron chi connectivity index (χ3n) is 3.87. The number of ether oxygens (including phenoxy) is 2. The molecule has 0 saturated carbocycles. The van der Waals surface area contributed by atoms with Gasteiger partial charge in [-0.25, -0.2) is 4.98 Å². The molecule has 1 N–H and O–H groups in total. The highest BCUT2D eigenvalue weighted by molar-refractivity contribution is 5.75. The predicted molar refractivity (Wildman–Crippen MR) is 98.4 cm³/mol. The number of hydrogen-bond acceptors (Lipinski definition) is 5. The Balaban J connectivity index is 1.32. The molecule has 0 fully saturated rings. The molecule has 26 heavy (non-hydrogen) atoms. The van der Waals surface area contributed by atoms with Gasteiger partial charge >= 0.3 is 0 Å². The van der Waals surface area contributed by atoms with Crippen LogP contribution in [0.15, 0.2) is 52.9 Å². The van der Waals surface area contributed by atoms with Crippen LogP contribution < -0.4 is 14.8 Å². The van der Waals surface area contributed by atoms with E-state index in [1.165, 1.54) is 0 Å². The van der Waals surface area contributed by atoms with Crippen LogP contribution in [0.1, 0.15) is 18.7 Å². The van der Waals surface area contributed by atoms with E-state index in [0.717, 1.165) is 22.6 Å². The van der Waals surface area contributed by atoms with Crippen molar-refractivity contribution in [2.45, 2.75) is 19.3 Å². The number of nitrogens with zero attached hydrogens (tertiary/aromatic N) is 1. The molecule has 1 amide bonds. The predicted octanol–water partition coefficient (Wildman–Crippen LogP) is 3.35. The minimum atomic E-state index is -0.00430. The van der Waals surface area contributed by atoms with Crippen molar-refractivity contribution < 1.29 is 18.7 Å². The lowest BCUT2D eigenvalue weighted by molar-refractivity contribution is -0.121. The van der Waals surface area contributed by atoms with Crippen LogP contribution in [-0.4, -0.2) is 31.2 Å². The number of nitrogens with one attached hydrogen (secondary N) is 1. The second-order valence-corrected chi connectivity index (χ2v) is 5.81. The Morgan fingerprint density at radius 1 is 1.15 bits per heavy atom. The number of methoxy groups -OCH3 is 1. The Kier molecular flexibility index (Phi) is 6.09. The van der Waals surface area contributed by atoms with Gasteiger partial charge in [-0.3, -0.25) is 4.79 Å². The van der Waals surface area contributed by atoms with Crippen LogP contribution in [0.4, 0.5) is 0 Å². The van der Waals surface area contributed by atoms with Gasteiger partial charge in [0.05, 0.1) is 13.7 Å². The molecule has 6 nitrogen and oxygen atoms in total. The lowest BCUT2D eigenvalue weighted by atomic mass is 10.2. The van der Waals surface area contributed by atoms with Crippen molar-refractivity contribution in [1.82, 2.24) is 10.3 Å². The van der Waals surface area contributed by atoms with Gasteiger partial charge in [-0.05, 0) is 30.7 Å². The van der Waals surface area contributed by atoms with Crippen LogP contribution in [-0.2, 0) is 11.2 Å². The second kappa shape index (κ2) is 8.89. The van der Waals surface area contributed by atoms with E-state index in [9.17, 15) is 4.79 Å². The van der Waals surface area contributed by atoms with Crippen molar-refractivity contribution in [2.75, 3.05) is 20.3 Å². The molecule has 0 radical (unpaired) electrons. The summed E-state index contributed by atoms with van der Waals surface area (Å²) in [5.41, 5.74) is 1.63. The van der Waals surface area contributed by atoms with E-state index in [2.05, 4.69) is 10.3 Å². The molecule has 136 valence electrons. The van der Waals surface area contributed by atoms with E-state index in [1.54, 1.807) is 7.11 Å². The number of aromatic nitrogens is 1. The molecule has 0 aliphatic heterocycles. The number of carbonyl (C=O) groups excluding carboxylic acids is 1. The number of para-hydroxylation sites is 2. The molecule has 0 saturated heterocycles. The zero-order valence-electron chi connectivity index (χ0n) is 14.7. The fourth-order valence-corrected chi connectivity index (χ4v) is 2.57. The number of rotatable bonds is 9. The van der Waals surface area contributed by atoms with Crippen molar-refractivity contribution in [3.05, 3.63) is 54.4 Å². The Morgan fingerprint density at radius 2 is 2.00 bits per heavy atom. The monoisotopic (exact) mass is 354 g/mol. The number of aryl methyl sites for hydroxylation is 1. The molecule has 1 heterocycles. The van der Waals surface area contributed by atoms with Crippen LogP contribution >= 0.6 is 0 Å². The van der Waals surface area contributed by atoms with Crippen LogP contribution in [0.5, 0.6) is 11.5 Å². The first-order valence-corrected chi connectivity index (χ1v) is 8.62. The molecule has 0 aliphatic rings. The average molecular weight is 354 g/mol. The van der Waals surface area contributed by atoms with Gasteiger partial charge in [0, 0.05) is 18.9 Å². The first-order chi connectivity index (χ1) is 12.7. The van der Waals surface area contributed by atoms with Gasteiger partial charge < -0.3 is 19.2 Å². The number of benzene rings is 2. The number of oxazole rings is 1. The average Bonchev–Trinajstić information content (AvgIpc) is 3.08. The first kappa shape index (κ1) is 17.8. The number of carbonyl (C=O) groups is 1. The fraction of sp³-hybridized carbons (Fsp3) is 0.300. The topological polar surface area (TPSA) is 73.6 Å². The highest BCUT2D eigenvalue weighted by Gasteiger charge is 2.07. The standard InChI is InChI=1S/C20H22N2O4/c1-24-15-6-4-7-16(14-15)25-13-12-21-19(23)10-5-11-20-22-17-8-2-3-9-18(17)26-20/h2-4,6-9,14H,5,10-13H2,1H3,(H,21,23). The van der Waals surface area contributed by atoms with Crippen LogP contribution in [0.2, 0.25) is 0 Å². The summed E-state index contributed by atoms with van der Waals surface area (Å²) in [5, 5.41) is 2.85. The van der Waals surface area contributed by atoms with E-state index in [1.807, 2.05) is 48.5 Å². The third-order valence-corrected chi connectivity index (χ3v) is 3.87. The zero-order chi connectivity index (χ0) is 18.2. The van der Waals surface area contributed by atoms with Gasteiger partial charge in [-0.15, -0.1) is 0 Å². The summed E-state index contributed by atoms with van der Waals surface area (Å²) < 4.78 is 16.4. The number of hydrogen-bond donors (Lipinski definition) is 1. The SMILES string of the molecule is COc1cccc(OCCNC(=O)CCCc2nc3ccccc3o2)c1. The number of amides is 1. The Hall–Kier alpha value is -3.02. The minimum Gasteiger partial charge on any atom is -0.497 e. The van der Waals surface area contributed by atoms with Gasteiger partial charge in [0.1, 0.15) is 23.6 Å². The fourth-order valence-electron chi connectivity index (χ4n) is 2.57. The molecular weight excluding hydrogens is 332 g/mol. The molecule has 0 aliphatic carbocycles. The maximum atomic E-state index is 11.9. The van der Waals surface area contributed by atoms with E-state index >= 15 is 0 Å². The number of fused-ring (bicyclic) bond motifs is 1. The molecule has 3 aromatic rings. The largest absolute Gasteiger partial charge is 0.497 e. The lowest BCUT2D eigenvalue weighted by Gasteiger charge is -2.08. The van der Waals surface area contributed by atoms with Crippen LogP contribution in [0.3, 0.4) is 0 Å². The molecule has 3 rings (SSSR count). The Bertz CT molecular complexity index is 827. The van der Waals surface area contributed by atoms with Crippen molar-refractivity contribution in [1.29, 1.82) is 0 Å². The lowest BCUT2D eigenvalue weighted by Crippen LogP contribution is -2.27. The van der Waals surface area contributed by atoms with Crippen LogP contribution in [0.25, 0.3) is 11.1 Å². The van der Waals surface area contributed by atoms with Crippen LogP contribution in [0, 0.1) is 0 Å². The van der Waals surface area contributed by atoms with Crippen molar-refractivity contribution in [3.8, 4) is 11.5 Å². The molecular formula is C20H22N2O4. The first-order valence-electron chi connectivity index (χ1n) is 8.62. The van der Waals surface area contributed by atoms with E-state index < -0.39 is 0 Å². The molecule has 1 aromatic heterocycles. The molecule has 0 spiro atoms. The summed E-state index contributed by atoms with van der Waals surface area (Å²) in [7, 11) is 1.61. The summed E-state index contributed by atoms with van der Waals surface area (Å²) in [6.07, 6.45) is 1.76. The summed E-state index contributed by atoms with van der Waals surface area (Å²) in [5.74, 6) is 2.12. The third kappa shape index (κ3) is 4.99. The van der Waals surface area contributed by atoms with E-state index in [-0.39, 0.29) is 5.91 Å². The van der Waals surface area contributed by atoms with Gasteiger partial charge in [0.25, 0.3) is 0 Å². The smallest absolute Gasteiger partial charge is 0.220 e. The van der Waals surface area contributed by atoms with Crippen molar-refractivity contribution in [3.63, 3.8) is 0 Å². The van der Waals surface area contributed by atoms with E-state index in [4.69, 9.17) is 13.9 Å². The zero-order valence-corrected chi connectivity index (χ0v) is 14.7. The molecule has 2 aromatic carbocycles. The van der Waals surface area contributed by atoms with Gasteiger partial charge in [0.15, 0.2) is 11.5 Å². The highest BCUT2D eigenvalue weighted by atomic mass is 16.5. The molecule has 0 unspecified atom stereocenters. The minimum absolute atomic E-state index is 0.00430. The second-order valence-electron chi connectivity index (χ2n) is 5.81. The molecule has 0 atom stereocenters. The van der Waals surface area contributed by atoms with Gasteiger partial charge in [-0.2, -0.15) is 0 Å². The Labute approximate surface area is 152 Å². The quantitative estimate of drug-likeness (QED) is 0.597. The summed E-state index contributed by atoms with van der Waals surface area (Å²) >= 11 is 0. The van der Waals surface area contributed by atoms with Gasteiger partial charge in [0.2, 0.25) is 5.91 Å². The van der Waals surface area contributed by atoms with Crippen molar-refractivity contribution in [2.24, 2.45) is 0 Å². The maximum Gasteiger partial charge on any atom is 0.220 e. The van der Waals surface area contributed by atoms with E-state index in [0.29, 0.717) is 38.3 Å². The summed E-state index contributed by atoms with van der Waals surface area (Å²) in [6, 6.07) is 15.0. The normalized spacial score (nSPS) is 10.7. The van der Waals surface area contributed by atoms with Gasteiger partial charge in [-0.1, -0.05) is 18.2 Å². The molecule has 0 bridgehead atoms. The Morgan fingerprint density at radius 3 is 2.85 bits per heavy atom. The summed E-state index contributed by atoms with van der Waals surface area (Å²) in [6.45, 7) is 0.864. The maximum absolute atomic E-state index is 11.9.